The molecule has 0 saturated carbocycles. The van der Waals surface area contributed by atoms with Crippen LogP contribution in [-0.2, 0) is 0 Å². The molecule has 20 heavy (non-hydrogen) atoms. The van der Waals surface area contributed by atoms with E-state index in [1.165, 1.54) is 5.00 Å². The number of anilines is 2. The molecule has 0 atom stereocenters. The van der Waals surface area contributed by atoms with Crippen LogP contribution in [0.1, 0.15) is 29.4 Å². The molecule has 1 fully saturated rings. The van der Waals surface area contributed by atoms with Crippen molar-refractivity contribution in [2.75, 3.05) is 44.1 Å². The van der Waals surface area contributed by atoms with E-state index >= 15 is 0 Å². The average Bonchev–Trinajstić information content (AvgIpc) is 2.75. The molecule has 2 rings (SSSR count). The summed E-state index contributed by atoms with van der Waals surface area (Å²) in [5.74, 6) is 0.0669. The van der Waals surface area contributed by atoms with Crippen LogP contribution in [0, 0.1) is 0 Å². The molecule has 2 N–H and O–H groups in total. The van der Waals surface area contributed by atoms with Gasteiger partial charge in [-0.2, -0.15) is 0 Å². The summed E-state index contributed by atoms with van der Waals surface area (Å²) in [5.41, 5.74) is 6.80. The highest BCUT2D eigenvalue weighted by molar-refractivity contribution is 7.99. The third-order valence-electron chi connectivity index (χ3n) is 3.89. The summed E-state index contributed by atoms with van der Waals surface area (Å²) < 4.78 is 0. The summed E-state index contributed by atoms with van der Waals surface area (Å²) in [6.07, 6.45) is 4.35. The lowest BCUT2D eigenvalue weighted by Gasteiger charge is -2.36. The van der Waals surface area contributed by atoms with Gasteiger partial charge in [0.25, 0.3) is 0 Å². The van der Waals surface area contributed by atoms with Gasteiger partial charge in [-0.1, -0.05) is 0 Å². The molecule has 2 heterocycles. The van der Waals surface area contributed by atoms with Crippen LogP contribution in [-0.4, -0.2) is 50.2 Å². The number of piperidine rings is 1. The van der Waals surface area contributed by atoms with Gasteiger partial charge in [0, 0.05) is 26.1 Å². The van der Waals surface area contributed by atoms with E-state index in [1.54, 1.807) is 30.0 Å². The van der Waals surface area contributed by atoms with Crippen molar-refractivity contribution in [1.82, 2.24) is 4.90 Å². The average molecular weight is 313 g/mol. The molecular formula is C14H23N3OS2. The van der Waals surface area contributed by atoms with Crippen molar-refractivity contribution in [3.8, 4) is 0 Å². The third-order valence-corrected chi connectivity index (χ3v) is 6.21. The molecule has 4 nitrogen and oxygen atoms in total. The Morgan fingerprint density at radius 3 is 2.45 bits per heavy atom. The highest BCUT2D eigenvalue weighted by Crippen LogP contribution is 2.44. The Labute approximate surface area is 129 Å². The minimum Gasteiger partial charge on any atom is -0.396 e. The number of carbonyl (C=O) groups is 1. The second-order valence-electron chi connectivity index (χ2n) is 5.42. The fourth-order valence-corrected chi connectivity index (χ4v) is 4.80. The molecule has 0 radical (unpaired) electrons. The first-order valence-electron chi connectivity index (χ1n) is 6.84. The molecule has 0 unspecified atom stereocenters. The van der Waals surface area contributed by atoms with Crippen molar-refractivity contribution in [2.45, 2.75) is 30.7 Å². The number of nitrogen functional groups attached to an aromatic ring is 1. The third kappa shape index (κ3) is 2.97. The number of rotatable bonds is 4. The maximum Gasteiger partial charge on any atom is 0.171 e. The van der Waals surface area contributed by atoms with E-state index in [2.05, 4.69) is 23.9 Å². The predicted octanol–water partition coefficient (Wildman–Crippen LogP) is 2.79. The van der Waals surface area contributed by atoms with Gasteiger partial charge in [-0.3, -0.25) is 4.79 Å². The largest absolute Gasteiger partial charge is 0.396 e. The minimum atomic E-state index is 0.0669. The van der Waals surface area contributed by atoms with Gasteiger partial charge in [0.15, 0.2) is 5.78 Å². The summed E-state index contributed by atoms with van der Waals surface area (Å²) in [6.45, 7) is 3.66. The summed E-state index contributed by atoms with van der Waals surface area (Å²) in [4.78, 5) is 18.1. The molecule has 6 heteroatoms. The molecule has 0 spiro atoms. The fraction of sp³-hybridized carbons (Fsp3) is 0.643. The zero-order valence-corrected chi connectivity index (χ0v) is 14.2. The highest BCUT2D eigenvalue weighted by atomic mass is 32.2. The molecular weight excluding hydrogens is 290 g/mol. The van der Waals surface area contributed by atoms with Crippen molar-refractivity contribution in [1.29, 1.82) is 0 Å². The molecule has 1 aliphatic heterocycles. The Kier molecular flexibility index (Phi) is 4.99. The Morgan fingerprint density at radius 1 is 1.40 bits per heavy atom. The van der Waals surface area contributed by atoms with E-state index in [9.17, 15) is 4.79 Å². The number of carbonyl (C=O) groups excluding carboxylic acids is 1. The first-order valence-corrected chi connectivity index (χ1v) is 8.88. The van der Waals surface area contributed by atoms with E-state index in [4.69, 9.17) is 5.73 Å². The summed E-state index contributed by atoms with van der Waals surface area (Å²) >= 11 is 3.19. The van der Waals surface area contributed by atoms with Gasteiger partial charge >= 0.3 is 0 Å². The minimum absolute atomic E-state index is 0.0669. The normalized spacial score (nSPS) is 16.9. The van der Waals surface area contributed by atoms with Gasteiger partial charge in [-0.15, -0.1) is 23.1 Å². The predicted molar refractivity (Wildman–Crippen MR) is 89.4 cm³/mol. The van der Waals surface area contributed by atoms with E-state index in [0.717, 1.165) is 30.8 Å². The number of thiophene rings is 1. The molecule has 112 valence electrons. The summed E-state index contributed by atoms with van der Waals surface area (Å²) in [5, 5.41) is 1.18. The molecule has 1 aromatic rings. The lowest BCUT2D eigenvalue weighted by atomic mass is 10.0. The van der Waals surface area contributed by atoms with Crippen LogP contribution < -0.4 is 10.6 Å². The molecule has 1 aliphatic rings. The van der Waals surface area contributed by atoms with E-state index < -0.39 is 0 Å². The van der Waals surface area contributed by atoms with E-state index in [0.29, 0.717) is 16.6 Å². The second-order valence-corrected chi connectivity index (χ2v) is 7.24. The number of ketones is 1. The molecule has 1 saturated heterocycles. The number of hydrogen-bond acceptors (Lipinski definition) is 6. The molecule has 1 aromatic heterocycles. The Hall–Kier alpha value is -0.720. The maximum absolute atomic E-state index is 11.7. The van der Waals surface area contributed by atoms with Crippen molar-refractivity contribution >= 4 is 39.6 Å². The molecule has 0 amide bonds. The van der Waals surface area contributed by atoms with Crippen LogP contribution in [0.4, 0.5) is 10.7 Å². The first-order chi connectivity index (χ1) is 9.45. The van der Waals surface area contributed by atoms with Crippen LogP contribution >= 0.6 is 23.1 Å². The van der Waals surface area contributed by atoms with Gasteiger partial charge in [0.2, 0.25) is 0 Å². The van der Waals surface area contributed by atoms with Crippen LogP contribution in [0.2, 0.25) is 0 Å². The number of thioether (sulfide) groups is 1. The Bertz CT molecular complexity index is 491. The number of nitrogens with two attached hydrogens (primary N) is 1. The van der Waals surface area contributed by atoms with Gasteiger partial charge < -0.3 is 15.5 Å². The van der Waals surface area contributed by atoms with Crippen LogP contribution in [0.3, 0.4) is 0 Å². The summed E-state index contributed by atoms with van der Waals surface area (Å²) in [7, 11) is 4.29. The van der Waals surface area contributed by atoms with Crippen molar-refractivity contribution in [2.24, 2.45) is 0 Å². The topological polar surface area (TPSA) is 49.6 Å². The highest BCUT2D eigenvalue weighted by Gasteiger charge is 2.26. The second kappa shape index (κ2) is 6.37. The standard InChI is InChI=1S/C14H23N3OS2/c1-9(18)12-11(15)13(19-4)14(20-12)17-7-5-10(6-8-17)16(2)3/h10H,5-8,15H2,1-4H3. The quantitative estimate of drug-likeness (QED) is 0.684. The monoisotopic (exact) mass is 313 g/mol. The SMILES string of the molecule is CSc1c(N2CCC(N(C)C)CC2)sc(C(C)=O)c1N. The number of hydrogen-bond donors (Lipinski definition) is 1. The molecule has 0 aromatic carbocycles. The molecule has 0 aliphatic carbocycles. The number of nitrogens with zero attached hydrogens (tertiary/aromatic N) is 2. The zero-order valence-electron chi connectivity index (χ0n) is 12.6. The lowest BCUT2D eigenvalue weighted by Crippen LogP contribution is -2.41. The van der Waals surface area contributed by atoms with Crippen LogP contribution in [0.25, 0.3) is 0 Å². The van der Waals surface area contributed by atoms with Crippen molar-refractivity contribution in [3.05, 3.63) is 4.88 Å². The van der Waals surface area contributed by atoms with Gasteiger partial charge in [0.1, 0.15) is 5.00 Å². The smallest absolute Gasteiger partial charge is 0.171 e. The summed E-state index contributed by atoms with van der Waals surface area (Å²) in [6, 6.07) is 0.661. The molecule has 0 bridgehead atoms. The van der Waals surface area contributed by atoms with E-state index in [-0.39, 0.29) is 5.78 Å². The van der Waals surface area contributed by atoms with Crippen molar-refractivity contribution in [3.63, 3.8) is 0 Å². The van der Waals surface area contributed by atoms with Crippen molar-refractivity contribution < 1.29 is 4.79 Å². The van der Waals surface area contributed by atoms with Gasteiger partial charge in [-0.05, 0) is 33.2 Å². The van der Waals surface area contributed by atoms with Gasteiger partial charge in [-0.25, -0.2) is 0 Å². The van der Waals surface area contributed by atoms with Crippen LogP contribution in [0.5, 0.6) is 0 Å². The number of Topliss-reactive ketones (excluding diaryl/α,β-unsaturated/α-hetero) is 1. The maximum atomic E-state index is 11.7. The lowest BCUT2D eigenvalue weighted by molar-refractivity contribution is 0.102. The first kappa shape index (κ1) is 15.7. The zero-order chi connectivity index (χ0) is 14.9. The Morgan fingerprint density at radius 2 is 2.00 bits per heavy atom. The van der Waals surface area contributed by atoms with E-state index in [1.807, 2.05) is 6.26 Å². The van der Waals surface area contributed by atoms with Crippen LogP contribution in [0.15, 0.2) is 4.90 Å². The Balaban J connectivity index is 2.21. The fourth-order valence-electron chi connectivity index (χ4n) is 2.67. The van der Waals surface area contributed by atoms with Gasteiger partial charge in [0.05, 0.1) is 15.5 Å².